The van der Waals surface area contributed by atoms with Crippen LogP contribution in [0.2, 0.25) is 5.02 Å². The van der Waals surface area contributed by atoms with Gasteiger partial charge in [0.25, 0.3) is 0 Å². The SMILES string of the molecule is C=CCn1c(SCC(=O)Nc2sc(CC)cc2C(=O)OC)nnc1C(C)Oc1cccc(Cl)c1. The van der Waals surface area contributed by atoms with Crippen molar-refractivity contribution < 1.29 is 19.1 Å². The fourth-order valence-electron chi connectivity index (χ4n) is 3.07. The number of rotatable bonds is 11. The number of carbonyl (C=O) groups is 2. The van der Waals surface area contributed by atoms with E-state index < -0.39 is 12.1 Å². The zero-order valence-corrected chi connectivity index (χ0v) is 21.4. The molecule has 1 aromatic carbocycles. The highest BCUT2D eigenvalue weighted by atomic mass is 35.5. The Labute approximate surface area is 211 Å². The molecule has 3 rings (SSSR count). The molecule has 0 saturated carbocycles. The number of nitrogens with zero attached hydrogens (tertiary/aromatic N) is 3. The molecule has 1 unspecified atom stereocenters. The van der Waals surface area contributed by atoms with Crippen LogP contribution in [-0.4, -0.2) is 39.5 Å². The van der Waals surface area contributed by atoms with Crippen LogP contribution in [0.4, 0.5) is 5.00 Å². The molecule has 180 valence electrons. The average Bonchev–Trinajstić information content (AvgIpc) is 3.41. The largest absolute Gasteiger partial charge is 0.483 e. The van der Waals surface area contributed by atoms with Gasteiger partial charge in [-0.05, 0) is 37.6 Å². The maximum absolute atomic E-state index is 12.6. The van der Waals surface area contributed by atoms with Crippen molar-refractivity contribution in [2.24, 2.45) is 0 Å². The normalized spacial score (nSPS) is 11.6. The van der Waals surface area contributed by atoms with Crippen molar-refractivity contribution in [2.75, 3.05) is 18.2 Å². The van der Waals surface area contributed by atoms with Gasteiger partial charge in [0, 0.05) is 16.4 Å². The van der Waals surface area contributed by atoms with Gasteiger partial charge in [0.1, 0.15) is 10.8 Å². The maximum Gasteiger partial charge on any atom is 0.340 e. The van der Waals surface area contributed by atoms with E-state index in [0.717, 1.165) is 11.3 Å². The number of methoxy groups -OCH3 is 1. The van der Waals surface area contributed by atoms with Gasteiger partial charge in [-0.1, -0.05) is 42.4 Å². The van der Waals surface area contributed by atoms with Crippen LogP contribution in [0.5, 0.6) is 5.75 Å². The van der Waals surface area contributed by atoms with Crippen LogP contribution in [0.1, 0.15) is 41.0 Å². The van der Waals surface area contributed by atoms with Crippen LogP contribution in [0, 0.1) is 0 Å². The number of amides is 1. The fourth-order valence-corrected chi connectivity index (χ4v) is 5.00. The van der Waals surface area contributed by atoms with E-state index in [1.165, 1.54) is 30.2 Å². The predicted molar refractivity (Wildman–Crippen MR) is 135 cm³/mol. The molecule has 0 bridgehead atoms. The summed E-state index contributed by atoms with van der Waals surface area (Å²) in [4.78, 5) is 25.7. The van der Waals surface area contributed by atoms with E-state index in [1.807, 2.05) is 24.5 Å². The number of allylic oxidation sites excluding steroid dienone is 1. The number of hydrogen-bond acceptors (Lipinski definition) is 8. The van der Waals surface area contributed by atoms with Gasteiger partial charge >= 0.3 is 5.97 Å². The van der Waals surface area contributed by atoms with E-state index in [4.69, 9.17) is 21.1 Å². The van der Waals surface area contributed by atoms with Crippen molar-refractivity contribution in [1.82, 2.24) is 14.8 Å². The van der Waals surface area contributed by atoms with E-state index in [9.17, 15) is 9.59 Å². The molecule has 2 heterocycles. The summed E-state index contributed by atoms with van der Waals surface area (Å²) in [6, 6.07) is 8.86. The first-order valence-corrected chi connectivity index (χ1v) is 12.6. The molecule has 34 heavy (non-hydrogen) atoms. The third kappa shape index (κ3) is 6.40. The Morgan fingerprint density at radius 1 is 1.35 bits per heavy atom. The van der Waals surface area contributed by atoms with Crippen LogP contribution in [-0.2, 0) is 22.5 Å². The predicted octanol–water partition coefficient (Wildman–Crippen LogP) is 5.40. The molecule has 11 heteroatoms. The number of hydrogen-bond donors (Lipinski definition) is 1. The Kier molecular flexibility index (Phi) is 9.14. The molecule has 3 aromatic rings. The van der Waals surface area contributed by atoms with Crippen molar-refractivity contribution in [2.45, 2.75) is 38.1 Å². The quantitative estimate of drug-likeness (QED) is 0.205. The topological polar surface area (TPSA) is 95.3 Å². The highest BCUT2D eigenvalue weighted by Gasteiger charge is 2.21. The van der Waals surface area contributed by atoms with Crippen LogP contribution in [0.25, 0.3) is 0 Å². The lowest BCUT2D eigenvalue weighted by Crippen LogP contribution is -2.16. The lowest BCUT2D eigenvalue weighted by Gasteiger charge is -2.16. The molecular formula is C23H25ClN4O4S2. The molecule has 0 spiro atoms. The number of anilines is 1. The van der Waals surface area contributed by atoms with E-state index >= 15 is 0 Å². The number of thiophene rings is 1. The monoisotopic (exact) mass is 520 g/mol. The lowest BCUT2D eigenvalue weighted by molar-refractivity contribution is -0.113. The summed E-state index contributed by atoms with van der Waals surface area (Å²) in [7, 11) is 1.31. The number of aryl methyl sites for hydroxylation is 1. The van der Waals surface area contributed by atoms with E-state index in [1.54, 1.807) is 30.3 Å². The Bertz CT molecular complexity index is 1180. The van der Waals surface area contributed by atoms with Crippen LogP contribution in [0.3, 0.4) is 0 Å². The number of halogens is 1. The molecule has 0 aliphatic carbocycles. The minimum Gasteiger partial charge on any atom is -0.483 e. The number of esters is 1. The second-order valence-electron chi connectivity index (χ2n) is 7.10. The average molecular weight is 521 g/mol. The molecule has 0 aliphatic rings. The van der Waals surface area contributed by atoms with Gasteiger partial charge in [-0.15, -0.1) is 28.1 Å². The lowest BCUT2D eigenvalue weighted by atomic mass is 10.2. The van der Waals surface area contributed by atoms with Gasteiger partial charge < -0.3 is 14.8 Å². The first-order chi connectivity index (χ1) is 16.4. The number of aromatic nitrogens is 3. The summed E-state index contributed by atoms with van der Waals surface area (Å²) in [5.74, 6) is 0.548. The summed E-state index contributed by atoms with van der Waals surface area (Å²) in [5.41, 5.74) is 0.354. The molecule has 1 amide bonds. The molecule has 2 aromatic heterocycles. The Balaban J connectivity index is 1.69. The van der Waals surface area contributed by atoms with Crippen molar-refractivity contribution in [1.29, 1.82) is 0 Å². The van der Waals surface area contributed by atoms with Gasteiger partial charge in [-0.2, -0.15) is 0 Å². The second kappa shape index (κ2) is 12.0. The highest BCUT2D eigenvalue weighted by Crippen LogP contribution is 2.30. The number of thioether (sulfide) groups is 1. The van der Waals surface area contributed by atoms with Crippen molar-refractivity contribution in [3.8, 4) is 5.75 Å². The molecule has 8 nitrogen and oxygen atoms in total. The molecule has 1 N–H and O–H groups in total. The zero-order valence-electron chi connectivity index (χ0n) is 19.0. The van der Waals surface area contributed by atoms with Gasteiger partial charge in [-0.3, -0.25) is 9.36 Å². The van der Waals surface area contributed by atoms with Crippen molar-refractivity contribution in [3.05, 3.63) is 64.3 Å². The Morgan fingerprint density at radius 2 is 2.15 bits per heavy atom. The van der Waals surface area contributed by atoms with Gasteiger partial charge in [0.05, 0.1) is 18.4 Å². The van der Waals surface area contributed by atoms with E-state index in [-0.39, 0.29) is 11.7 Å². The van der Waals surface area contributed by atoms with Crippen LogP contribution >= 0.6 is 34.7 Å². The van der Waals surface area contributed by atoms with Gasteiger partial charge in [0.2, 0.25) is 5.91 Å². The van der Waals surface area contributed by atoms with E-state index in [0.29, 0.717) is 38.9 Å². The number of carbonyl (C=O) groups excluding carboxylic acids is 2. The first kappa shape index (κ1) is 25.8. The molecule has 0 radical (unpaired) electrons. The summed E-state index contributed by atoms with van der Waals surface area (Å²) in [6.07, 6.45) is 2.07. The van der Waals surface area contributed by atoms with Gasteiger partial charge in [0.15, 0.2) is 17.1 Å². The Hall–Kier alpha value is -2.82. The smallest absolute Gasteiger partial charge is 0.340 e. The minimum atomic E-state index is -0.483. The molecule has 0 aliphatic heterocycles. The van der Waals surface area contributed by atoms with Crippen LogP contribution in [0.15, 0.2) is 48.1 Å². The standard InChI is InChI=1S/C23H25ClN4O4S2/c1-5-10-28-20(14(3)32-16-9-7-8-15(24)11-16)26-27-23(28)33-13-19(29)25-21-18(22(30)31-4)12-17(6-2)34-21/h5,7-9,11-12,14H,1,6,10,13H2,2-4H3,(H,25,29). The maximum atomic E-state index is 12.6. The summed E-state index contributed by atoms with van der Waals surface area (Å²) in [6.45, 7) is 8.10. The molecule has 0 fully saturated rings. The fraction of sp³-hybridized carbons (Fsp3) is 0.304. The number of nitrogens with one attached hydrogen (secondary N) is 1. The molecule has 0 saturated heterocycles. The van der Waals surface area contributed by atoms with E-state index in [2.05, 4.69) is 22.1 Å². The number of benzene rings is 1. The third-order valence-electron chi connectivity index (χ3n) is 4.65. The third-order valence-corrected chi connectivity index (χ3v) is 7.05. The zero-order chi connectivity index (χ0) is 24.7. The van der Waals surface area contributed by atoms with Gasteiger partial charge in [-0.25, -0.2) is 4.79 Å². The minimum absolute atomic E-state index is 0.0821. The number of ether oxygens (including phenoxy) is 2. The molecule has 1 atom stereocenters. The highest BCUT2D eigenvalue weighted by molar-refractivity contribution is 7.99. The summed E-state index contributed by atoms with van der Waals surface area (Å²) in [5, 5.41) is 12.9. The van der Waals surface area contributed by atoms with Crippen LogP contribution < -0.4 is 10.1 Å². The van der Waals surface area contributed by atoms with Crippen molar-refractivity contribution in [3.63, 3.8) is 0 Å². The first-order valence-electron chi connectivity index (χ1n) is 10.5. The summed E-state index contributed by atoms with van der Waals surface area (Å²) >= 11 is 8.64. The molecular weight excluding hydrogens is 496 g/mol. The summed E-state index contributed by atoms with van der Waals surface area (Å²) < 4.78 is 12.6. The second-order valence-corrected chi connectivity index (χ2v) is 9.61. The van der Waals surface area contributed by atoms with Crippen molar-refractivity contribution >= 4 is 51.6 Å². The Morgan fingerprint density at radius 3 is 2.82 bits per heavy atom.